The predicted molar refractivity (Wildman–Crippen MR) is 68.7 cm³/mol. The highest BCUT2D eigenvalue weighted by atomic mass is 16.2. The molecule has 3 atom stereocenters. The lowest BCUT2D eigenvalue weighted by atomic mass is 10.1. The van der Waals surface area contributed by atoms with Crippen molar-refractivity contribution in [3.63, 3.8) is 0 Å². The maximum absolute atomic E-state index is 12.0. The molecule has 0 radical (unpaired) electrons. The third-order valence-corrected chi connectivity index (χ3v) is 4.09. The van der Waals surface area contributed by atoms with E-state index < -0.39 is 0 Å². The lowest BCUT2D eigenvalue weighted by Crippen LogP contribution is -2.47. The molecule has 4 heteroatoms. The van der Waals surface area contributed by atoms with Gasteiger partial charge in [0.25, 0.3) is 0 Å². The number of hydrogen-bond donors (Lipinski definition) is 1. The monoisotopic (exact) mass is 239 g/mol. The van der Waals surface area contributed by atoms with Crippen LogP contribution in [0.5, 0.6) is 0 Å². The van der Waals surface area contributed by atoms with Gasteiger partial charge in [0.1, 0.15) is 0 Å². The van der Waals surface area contributed by atoms with E-state index in [0.717, 1.165) is 6.54 Å². The number of carbonyl (C=O) groups is 1. The van der Waals surface area contributed by atoms with Crippen molar-refractivity contribution < 1.29 is 4.79 Å². The van der Waals surface area contributed by atoms with E-state index >= 15 is 0 Å². The molecule has 2 saturated heterocycles. The lowest BCUT2D eigenvalue weighted by Gasteiger charge is -2.35. The van der Waals surface area contributed by atoms with Crippen molar-refractivity contribution in [2.75, 3.05) is 19.6 Å². The van der Waals surface area contributed by atoms with Crippen molar-refractivity contribution >= 4 is 5.91 Å². The van der Waals surface area contributed by atoms with E-state index in [9.17, 15) is 4.79 Å². The molecule has 2 aliphatic rings. The fourth-order valence-electron chi connectivity index (χ4n) is 2.97. The summed E-state index contributed by atoms with van der Waals surface area (Å²) in [5, 5.41) is 3.28. The minimum atomic E-state index is -0.0152. The van der Waals surface area contributed by atoms with Crippen molar-refractivity contribution in [2.45, 2.75) is 58.3 Å². The molecule has 0 spiro atoms. The standard InChI is InChI=1S/C13H25N3O/c1-10(15-7-5-4-6-8-15)9-16-12(3)14-11(2)13(16)17/h10-12,14H,4-9H2,1-3H3. The average Bonchev–Trinajstić information content (AvgIpc) is 2.57. The molecular weight excluding hydrogens is 214 g/mol. The van der Waals surface area contributed by atoms with Crippen LogP contribution in [0.2, 0.25) is 0 Å². The molecule has 0 aromatic heterocycles. The molecule has 2 rings (SSSR count). The molecule has 4 nitrogen and oxygen atoms in total. The molecule has 17 heavy (non-hydrogen) atoms. The van der Waals surface area contributed by atoms with Crippen LogP contribution < -0.4 is 5.32 Å². The normalized spacial score (nSPS) is 33.1. The summed E-state index contributed by atoms with van der Waals surface area (Å²) in [6.45, 7) is 9.52. The number of hydrogen-bond acceptors (Lipinski definition) is 3. The minimum Gasteiger partial charge on any atom is -0.325 e. The molecule has 0 aromatic rings. The Morgan fingerprint density at radius 3 is 2.47 bits per heavy atom. The molecule has 0 aliphatic carbocycles. The summed E-state index contributed by atoms with van der Waals surface area (Å²) in [5.74, 6) is 0.251. The summed E-state index contributed by atoms with van der Waals surface area (Å²) in [7, 11) is 0. The SMILES string of the molecule is CC1NC(C)N(CC(C)N2CCCCC2)C1=O. The molecule has 2 heterocycles. The first kappa shape index (κ1) is 12.8. The molecule has 0 saturated carbocycles. The van der Waals surface area contributed by atoms with Crippen LogP contribution in [0.25, 0.3) is 0 Å². The number of rotatable bonds is 3. The zero-order valence-corrected chi connectivity index (χ0v) is 11.3. The molecule has 2 fully saturated rings. The number of nitrogens with zero attached hydrogens (tertiary/aromatic N) is 2. The molecule has 0 bridgehead atoms. The first-order chi connectivity index (χ1) is 8.09. The molecule has 3 unspecified atom stereocenters. The Labute approximate surface area is 104 Å². The van der Waals surface area contributed by atoms with Gasteiger partial charge in [-0.2, -0.15) is 0 Å². The van der Waals surface area contributed by atoms with Crippen LogP contribution in [0.3, 0.4) is 0 Å². The van der Waals surface area contributed by atoms with E-state index in [-0.39, 0.29) is 18.1 Å². The van der Waals surface area contributed by atoms with E-state index in [1.54, 1.807) is 0 Å². The number of amides is 1. The van der Waals surface area contributed by atoms with Gasteiger partial charge in [-0.25, -0.2) is 0 Å². The van der Waals surface area contributed by atoms with Crippen LogP contribution in [-0.4, -0.2) is 53.6 Å². The van der Waals surface area contributed by atoms with Crippen LogP contribution >= 0.6 is 0 Å². The van der Waals surface area contributed by atoms with Gasteiger partial charge in [0.15, 0.2) is 0 Å². The first-order valence-corrected chi connectivity index (χ1v) is 6.90. The highest BCUT2D eigenvalue weighted by Crippen LogP contribution is 2.16. The van der Waals surface area contributed by atoms with Crippen molar-refractivity contribution in [1.29, 1.82) is 0 Å². The van der Waals surface area contributed by atoms with Crippen molar-refractivity contribution in [3.05, 3.63) is 0 Å². The summed E-state index contributed by atoms with van der Waals surface area (Å²) >= 11 is 0. The second-order valence-corrected chi connectivity index (χ2v) is 5.50. The van der Waals surface area contributed by atoms with Gasteiger partial charge < -0.3 is 4.90 Å². The van der Waals surface area contributed by atoms with E-state index in [2.05, 4.69) is 24.1 Å². The second-order valence-electron chi connectivity index (χ2n) is 5.50. The van der Waals surface area contributed by atoms with E-state index in [4.69, 9.17) is 0 Å². The summed E-state index contributed by atoms with van der Waals surface area (Å²) in [5.41, 5.74) is 0. The van der Waals surface area contributed by atoms with E-state index in [1.807, 2.05) is 11.8 Å². The molecule has 1 N–H and O–H groups in total. The Balaban J connectivity index is 1.89. The van der Waals surface area contributed by atoms with Gasteiger partial charge in [0.05, 0.1) is 12.2 Å². The summed E-state index contributed by atoms with van der Waals surface area (Å²) < 4.78 is 0. The summed E-state index contributed by atoms with van der Waals surface area (Å²) in [6, 6.07) is 0.465. The van der Waals surface area contributed by atoms with Crippen molar-refractivity contribution in [1.82, 2.24) is 15.1 Å². The predicted octanol–water partition coefficient (Wildman–Crippen LogP) is 1.03. The highest BCUT2D eigenvalue weighted by molar-refractivity contribution is 5.83. The van der Waals surface area contributed by atoms with Gasteiger partial charge >= 0.3 is 0 Å². The Hall–Kier alpha value is -0.610. The number of piperidine rings is 1. The molecular formula is C13H25N3O. The Morgan fingerprint density at radius 1 is 1.29 bits per heavy atom. The van der Waals surface area contributed by atoms with Crippen molar-refractivity contribution in [2.24, 2.45) is 0 Å². The van der Waals surface area contributed by atoms with Crippen LogP contribution in [0.4, 0.5) is 0 Å². The van der Waals surface area contributed by atoms with Crippen LogP contribution in [-0.2, 0) is 4.79 Å². The van der Waals surface area contributed by atoms with Gasteiger partial charge in [0, 0.05) is 12.6 Å². The van der Waals surface area contributed by atoms with Gasteiger partial charge in [-0.05, 0) is 46.7 Å². The van der Waals surface area contributed by atoms with Crippen LogP contribution in [0, 0.1) is 0 Å². The molecule has 1 amide bonds. The first-order valence-electron chi connectivity index (χ1n) is 6.90. The van der Waals surface area contributed by atoms with E-state index in [0.29, 0.717) is 6.04 Å². The molecule has 2 aliphatic heterocycles. The Bertz CT molecular complexity index is 276. The number of carbonyl (C=O) groups excluding carboxylic acids is 1. The maximum Gasteiger partial charge on any atom is 0.240 e. The topological polar surface area (TPSA) is 35.6 Å². The zero-order chi connectivity index (χ0) is 12.4. The minimum absolute atomic E-state index is 0.0152. The van der Waals surface area contributed by atoms with E-state index in [1.165, 1.54) is 32.4 Å². The highest BCUT2D eigenvalue weighted by Gasteiger charge is 2.34. The number of nitrogens with one attached hydrogen (secondary N) is 1. The fraction of sp³-hybridized carbons (Fsp3) is 0.923. The van der Waals surface area contributed by atoms with Gasteiger partial charge in [-0.1, -0.05) is 6.42 Å². The van der Waals surface area contributed by atoms with Crippen molar-refractivity contribution in [3.8, 4) is 0 Å². The Morgan fingerprint density at radius 2 is 1.94 bits per heavy atom. The third kappa shape index (κ3) is 2.80. The average molecular weight is 239 g/mol. The second kappa shape index (κ2) is 5.36. The fourth-order valence-corrected chi connectivity index (χ4v) is 2.97. The zero-order valence-electron chi connectivity index (χ0n) is 11.3. The lowest BCUT2D eigenvalue weighted by molar-refractivity contribution is -0.130. The van der Waals surface area contributed by atoms with Crippen LogP contribution in [0.1, 0.15) is 40.0 Å². The Kier molecular flexibility index (Phi) is 4.05. The van der Waals surface area contributed by atoms with Crippen LogP contribution in [0.15, 0.2) is 0 Å². The largest absolute Gasteiger partial charge is 0.325 e. The quantitative estimate of drug-likeness (QED) is 0.799. The number of likely N-dealkylation sites (tertiary alicyclic amines) is 1. The molecule has 0 aromatic carbocycles. The maximum atomic E-state index is 12.0. The van der Waals surface area contributed by atoms with Gasteiger partial charge in [0.2, 0.25) is 5.91 Å². The smallest absolute Gasteiger partial charge is 0.240 e. The van der Waals surface area contributed by atoms with Gasteiger partial charge in [-0.15, -0.1) is 0 Å². The van der Waals surface area contributed by atoms with Gasteiger partial charge in [-0.3, -0.25) is 15.0 Å². The summed E-state index contributed by atoms with van der Waals surface area (Å²) in [6.07, 6.45) is 4.16. The summed E-state index contributed by atoms with van der Waals surface area (Å²) in [4.78, 5) is 16.5. The molecule has 98 valence electrons. The third-order valence-electron chi connectivity index (χ3n) is 4.09.